The van der Waals surface area contributed by atoms with Crippen LogP contribution in [0.4, 0.5) is 0 Å². The molecule has 5 nitrogen and oxygen atoms in total. The second-order valence-corrected chi connectivity index (χ2v) is 7.46. The van der Waals surface area contributed by atoms with Crippen LogP contribution in [0.5, 0.6) is 5.75 Å². The monoisotopic (exact) mass is 371 g/mol. The van der Waals surface area contributed by atoms with Crippen molar-refractivity contribution < 1.29 is 9.53 Å². The van der Waals surface area contributed by atoms with Crippen molar-refractivity contribution in [2.45, 2.75) is 30.8 Å². The van der Waals surface area contributed by atoms with Gasteiger partial charge >= 0.3 is 0 Å². The van der Waals surface area contributed by atoms with Gasteiger partial charge in [-0.05, 0) is 43.0 Å². The summed E-state index contributed by atoms with van der Waals surface area (Å²) in [6, 6.07) is 9.83. The lowest BCUT2D eigenvalue weighted by Crippen LogP contribution is -2.47. The maximum absolute atomic E-state index is 12.5. The molecule has 1 aromatic carbocycles. The number of nitrogens with zero attached hydrogens (tertiary/aromatic N) is 2. The molecule has 0 unspecified atom stereocenters. The zero-order valence-electron chi connectivity index (χ0n) is 15.0. The van der Waals surface area contributed by atoms with E-state index in [1.54, 1.807) is 13.3 Å². The summed E-state index contributed by atoms with van der Waals surface area (Å²) in [5.41, 5.74) is 2.45. The number of benzene rings is 1. The molecule has 3 heterocycles. The van der Waals surface area contributed by atoms with Gasteiger partial charge in [-0.15, -0.1) is 0 Å². The number of carbonyl (C=O) groups is 1. The molecule has 2 aliphatic heterocycles. The summed E-state index contributed by atoms with van der Waals surface area (Å²) >= 11 is 6.48. The van der Waals surface area contributed by atoms with Crippen LogP contribution in [-0.2, 0) is 4.79 Å². The topological polar surface area (TPSA) is 54.5 Å². The predicted molar refractivity (Wildman–Crippen MR) is 101 cm³/mol. The molecule has 2 fully saturated rings. The van der Waals surface area contributed by atoms with Crippen molar-refractivity contribution in [1.29, 1.82) is 0 Å². The first-order valence-corrected chi connectivity index (χ1v) is 9.24. The highest BCUT2D eigenvalue weighted by Crippen LogP contribution is 2.40. The molecule has 4 rings (SSSR count). The van der Waals surface area contributed by atoms with Crippen LogP contribution < -0.4 is 10.1 Å². The zero-order valence-corrected chi connectivity index (χ0v) is 15.7. The van der Waals surface area contributed by atoms with E-state index in [1.807, 2.05) is 36.2 Å². The van der Waals surface area contributed by atoms with Crippen LogP contribution in [-0.4, -0.2) is 42.0 Å². The fourth-order valence-electron chi connectivity index (χ4n) is 4.09. The standard InChI is InChI=1S/C20H22ClN3O2/c1-24-11-9-20(19(24)25)8-6-15(23-20)16-12-13(7-10-22-16)14-4-3-5-17(26-2)18(14)21/h3-5,7,10,12,15,23H,6,8-9,11H2,1-2H3/t15-,20-/m1/s1. The molecule has 2 aliphatic rings. The molecule has 1 N–H and O–H groups in total. The lowest BCUT2D eigenvalue weighted by atomic mass is 9.96. The first kappa shape index (κ1) is 17.3. The van der Waals surface area contributed by atoms with E-state index in [1.165, 1.54) is 0 Å². The van der Waals surface area contributed by atoms with Crippen molar-refractivity contribution in [1.82, 2.24) is 15.2 Å². The van der Waals surface area contributed by atoms with Gasteiger partial charge in [0, 0.05) is 25.4 Å². The molecule has 26 heavy (non-hydrogen) atoms. The Hall–Kier alpha value is -2.11. The largest absolute Gasteiger partial charge is 0.495 e. The summed E-state index contributed by atoms with van der Waals surface area (Å²) in [5, 5.41) is 4.16. The van der Waals surface area contributed by atoms with E-state index in [9.17, 15) is 4.79 Å². The summed E-state index contributed by atoms with van der Waals surface area (Å²) in [4.78, 5) is 18.9. The average Bonchev–Trinajstić information content (AvgIpc) is 3.22. The lowest BCUT2D eigenvalue weighted by Gasteiger charge is -2.23. The fraction of sp³-hybridized carbons (Fsp3) is 0.400. The number of aromatic nitrogens is 1. The van der Waals surface area contributed by atoms with Gasteiger partial charge in [0.15, 0.2) is 0 Å². The lowest BCUT2D eigenvalue weighted by molar-refractivity contribution is -0.131. The van der Waals surface area contributed by atoms with Gasteiger partial charge in [0.1, 0.15) is 11.3 Å². The quantitative estimate of drug-likeness (QED) is 0.898. The summed E-state index contributed by atoms with van der Waals surface area (Å²) in [6.07, 6.45) is 4.42. The van der Waals surface area contributed by atoms with Gasteiger partial charge in [-0.25, -0.2) is 0 Å². The maximum atomic E-state index is 12.5. The summed E-state index contributed by atoms with van der Waals surface area (Å²) in [5.74, 6) is 0.854. The molecule has 136 valence electrons. The first-order chi connectivity index (χ1) is 12.5. The van der Waals surface area contributed by atoms with Crippen LogP contribution in [0.1, 0.15) is 31.0 Å². The second kappa shape index (κ2) is 6.56. The number of likely N-dealkylation sites (N-methyl/N-ethyl adjacent to an activating group) is 1. The summed E-state index contributed by atoms with van der Waals surface area (Å²) in [7, 11) is 3.48. The highest BCUT2D eigenvalue weighted by atomic mass is 35.5. The van der Waals surface area contributed by atoms with Gasteiger partial charge < -0.3 is 9.64 Å². The average molecular weight is 372 g/mol. The summed E-state index contributed by atoms with van der Waals surface area (Å²) < 4.78 is 5.32. The minimum Gasteiger partial charge on any atom is -0.495 e. The number of carbonyl (C=O) groups excluding carboxylic acids is 1. The molecule has 1 spiro atoms. The second-order valence-electron chi connectivity index (χ2n) is 7.09. The molecular weight excluding hydrogens is 350 g/mol. The third kappa shape index (κ3) is 2.75. The van der Waals surface area contributed by atoms with Crippen molar-refractivity contribution in [3.05, 3.63) is 47.2 Å². The number of methoxy groups -OCH3 is 1. The van der Waals surface area contributed by atoms with Crippen molar-refractivity contribution in [3.8, 4) is 16.9 Å². The van der Waals surface area contributed by atoms with Crippen LogP contribution in [0.25, 0.3) is 11.1 Å². The number of amides is 1. The molecule has 2 saturated heterocycles. The van der Waals surface area contributed by atoms with Crippen molar-refractivity contribution >= 4 is 17.5 Å². The van der Waals surface area contributed by atoms with E-state index in [0.717, 1.165) is 42.6 Å². The Morgan fingerprint density at radius 2 is 2.19 bits per heavy atom. The van der Waals surface area contributed by atoms with Crippen LogP contribution >= 0.6 is 11.6 Å². The van der Waals surface area contributed by atoms with E-state index >= 15 is 0 Å². The number of likely N-dealkylation sites (tertiary alicyclic amines) is 1. The van der Waals surface area contributed by atoms with E-state index < -0.39 is 5.54 Å². The molecule has 0 aliphatic carbocycles. The number of halogens is 1. The Morgan fingerprint density at radius 1 is 1.35 bits per heavy atom. The Morgan fingerprint density at radius 3 is 2.92 bits per heavy atom. The smallest absolute Gasteiger partial charge is 0.242 e. The normalized spacial score (nSPS) is 25.3. The molecular formula is C20H22ClN3O2. The molecule has 6 heteroatoms. The van der Waals surface area contributed by atoms with E-state index in [0.29, 0.717) is 10.8 Å². The Balaban J connectivity index is 1.63. The number of ether oxygens (including phenoxy) is 1. The molecule has 1 aromatic heterocycles. The van der Waals surface area contributed by atoms with Crippen LogP contribution in [0.2, 0.25) is 5.02 Å². The first-order valence-electron chi connectivity index (χ1n) is 8.86. The maximum Gasteiger partial charge on any atom is 0.242 e. The molecule has 0 radical (unpaired) electrons. The Labute approximate surface area is 158 Å². The molecule has 0 saturated carbocycles. The number of pyridine rings is 1. The zero-order chi connectivity index (χ0) is 18.3. The molecule has 1 amide bonds. The number of rotatable bonds is 3. The summed E-state index contributed by atoms with van der Waals surface area (Å²) in [6.45, 7) is 0.811. The third-order valence-electron chi connectivity index (χ3n) is 5.57. The van der Waals surface area contributed by atoms with Crippen molar-refractivity contribution in [2.24, 2.45) is 0 Å². The van der Waals surface area contributed by atoms with Gasteiger partial charge in [0.2, 0.25) is 5.91 Å². The Kier molecular flexibility index (Phi) is 4.37. The van der Waals surface area contributed by atoms with Crippen molar-refractivity contribution in [3.63, 3.8) is 0 Å². The fourth-order valence-corrected chi connectivity index (χ4v) is 4.40. The minimum absolute atomic E-state index is 0.0785. The van der Waals surface area contributed by atoms with Gasteiger partial charge in [-0.2, -0.15) is 0 Å². The number of nitrogens with one attached hydrogen (secondary N) is 1. The van der Waals surface area contributed by atoms with E-state index in [-0.39, 0.29) is 11.9 Å². The number of hydrogen-bond acceptors (Lipinski definition) is 4. The SMILES string of the molecule is COc1cccc(-c2ccnc([C@H]3CC[C@]4(CCN(C)C4=O)N3)c2)c1Cl. The van der Waals surface area contributed by atoms with E-state index in [2.05, 4.69) is 16.4 Å². The number of hydrogen-bond donors (Lipinski definition) is 1. The van der Waals surface area contributed by atoms with Crippen LogP contribution in [0, 0.1) is 0 Å². The van der Waals surface area contributed by atoms with Gasteiger partial charge in [0.25, 0.3) is 0 Å². The van der Waals surface area contributed by atoms with Crippen LogP contribution in [0.15, 0.2) is 36.5 Å². The molecule has 2 aromatic rings. The van der Waals surface area contributed by atoms with Gasteiger partial charge in [-0.1, -0.05) is 23.7 Å². The third-order valence-corrected chi connectivity index (χ3v) is 5.96. The minimum atomic E-state index is -0.412. The molecule has 0 bridgehead atoms. The highest BCUT2D eigenvalue weighted by Gasteiger charge is 2.50. The molecule has 2 atom stereocenters. The van der Waals surface area contributed by atoms with Gasteiger partial charge in [-0.3, -0.25) is 15.1 Å². The highest BCUT2D eigenvalue weighted by molar-refractivity contribution is 6.34. The van der Waals surface area contributed by atoms with Crippen molar-refractivity contribution in [2.75, 3.05) is 20.7 Å². The van der Waals surface area contributed by atoms with E-state index in [4.69, 9.17) is 16.3 Å². The van der Waals surface area contributed by atoms with Gasteiger partial charge in [0.05, 0.1) is 23.9 Å². The Bertz CT molecular complexity index is 857. The predicted octanol–water partition coefficient (Wildman–Crippen LogP) is 3.44. The van der Waals surface area contributed by atoms with Crippen LogP contribution in [0.3, 0.4) is 0 Å².